The van der Waals surface area contributed by atoms with Gasteiger partial charge in [0.2, 0.25) is 10.0 Å². The van der Waals surface area contributed by atoms with Gasteiger partial charge in [-0.25, -0.2) is 8.42 Å². The Kier molecular flexibility index (Phi) is 5.08. The third kappa shape index (κ3) is 3.41. The molecule has 2 rings (SSSR count). The van der Waals surface area contributed by atoms with Crippen molar-refractivity contribution in [2.24, 2.45) is 0 Å². The number of nitrogens with zero attached hydrogens (tertiary/aromatic N) is 2. The van der Waals surface area contributed by atoms with Crippen LogP contribution in [0.3, 0.4) is 0 Å². The van der Waals surface area contributed by atoms with E-state index in [0.717, 1.165) is 10.4 Å². The lowest BCUT2D eigenvalue weighted by atomic mass is 10.3. The molecule has 0 aliphatic carbocycles. The molecule has 6 nitrogen and oxygen atoms in total. The van der Waals surface area contributed by atoms with Crippen molar-refractivity contribution in [1.82, 2.24) is 4.31 Å². The zero-order chi connectivity index (χ0) is 16.5. The molecule has 0 bridgehead atoms. The van der Waals surface area contributed by atoms with Crippen LogP contribution in [0.4, 0.5) is 5.69 Å². The van der Waals surface area contributed by atoms with E-state index in [1.807, 2.05) is 0 Å². The minimum Gasteiger partial charge on any atom is -0.258 e. The summed E-state index contributed by atoms with van der Waals surface area (Å²) in [6.45, 7) is 0.0705. The van der Waals surface area contributed by atoms with E-state index in [0.29, 0.717) is 10.6 Å². The van der Waals surface area contributed by atoms with Crippen LogP contribution in [0, 0.1) is 10.1 Å². The van der Waals surface area contributed by atoms with Gasteiger partial charge in [-0.15, -0.1) is 0 Å². The molecule has 0 saturated carbocycles. The maximum absolute atomic E-state index is 12.5. The molecular weight excluding hydrogens is 371 g/mol. The Morgan fingerprint density at radius 3 is 2.50 bits per heavy atom. The summed E-state index contributed by atoms with van der Waals surface area (Å²) in [5.41, 5.74) is 0.214. The van der Waals surface area contributed by atoms with Gasteiger partial charge in [0.25, 0.3) is 5.69 Å². The zero-order valence-corrected chi connectivity index (χ0v) is 14.3. The highest BCUT2D eigenvalue weighted by Gasteiger charge is 2.25. The molecule has 10 heteroatoms. The third-order valence-corrected chi connectivity index (χ3v) is 6.30. The van der Waals surface area contributed by atoms with Gasteiger partial charge in [0.1, 0.15) is 5.02 Å². The summed E-state index contributed by atoms with van der Waals surface area (Å²) < 4.78 is 26.0. The highest BCUT2D eigenvalue weighted by atomic mass is 35.5. The highest BCUT2D eigenvalue weighted by molar-refractivity contribution is 7.89. The standard InChI is InChI=1S/C12H10Cl2N2O4S2/c1-15(5-8-6-21-7-11(8)14)22(19,20)9-2-3-10(13)12(4-9)16(17)18/h2-4,6-7H,5H2,1H3. The molecule has 0 aliphatic heterocycles. The van der Waals surface area contributed by atoms with Crippen molar-refractivity contribution < 1.29 is 13.3 Å². The SMILES string of the molecule is CN(Cc1cscc1Cl)S(=O)(=O)c1ccc(Cl)c([N+](=O)[O-])c1. The largest absolute Gasteiger partial charge is 0.289 e. The van der Waals surface area contributed by atoms with Crippen LogP contribution in [-0.4, -0.2) is 24.7 Å². The van der Waals surface area contributed by atoms with Crippen LogP contribution in [0.25, 0.3) is 0 Å². The predicted molar refractivity (Wildman–Crippen MR) is 86.1 cm³/mol. The van der Waals surface area contributed by atoms with E-state index >= 15 is 0 Å². The number of thiophene rings is 1. The van der Waals surface area contributed by atoms with Crippen molar-refractivity contribution in [2.75, 3.05) is 7.05 Å². The quantitative estimate of drug-likeness (QED) is 0.583. The van der Waals surface area contributed by atoms with Gasteiger partial charge < -0.3 is 0 Å². The summed E-state index contributed by atoms with van der Waals surface area (Å²) in [7, 11) is -2.51. The first-order valence-corrected chi connectivity index (χ1v) is 8.98. The van der Waals surface area contributed by atoms with E-state index in [4.69, 9.17) is 23.2 Å². The summed E-state index contributed by atoms with van der Waals surface area (Å²) in [6.07, 6.45) is 0. The Morgan fingerprint density at radius 2 is 1.95 bits per heavy atom. The Balaban J connectivity index is 2.36. The maximum atomic E-state index is 12.5. The van der Waals surface area contributed by atoms with Crippen molar-refractivity contribution in [3.8, 4) is 0 Å². The fourth-order valence-electron chi connectivity index (χ4n) is 1.72. The Morgan fingerprint density at radius 1 is 1.27 bits per heavy atom. The minimum absolute atomic E-state index is 0.0705. The summed E-state index contributed by atoms with van der Waals surface area (Å²) >= 11 is 13.0. The van der Waals surface area contributed by atoms with Gasteiger partial charge in [-0.2, -0.15) is 15.6 Å². The van der Waals surface area contributed by atoms with Crippen LogP contribution >= 0.6 is 34.5 Å². The fourth-order valence-corrected chi connectivity index (χ4v) is 4.11. The van der Waals surface area contributed by atoms with Crippen molar-refractivity contribution in [1.29, 1.82) is 0 Å². The highest BCUT2D eigenvalue weighted by Crippen LogP contribution is 2.29. The number of benzene rings is 1. The summed E-state index contributed by atoms with van der Waals surface area (Å²) in [6, 6.07) is 3.37. The van der Waals surface area contributed by atoms with Gasteiger partial charge in [-0.1, -0.05) is 23.2 Å². The van der Waals surface area contributed by atoms with Crippen LogP contribution in [0.2, 0.25) is 10.0 Å². The fraction of sp³-hybridized carbons (Fsp3) is 0.167. The number of hydrogen-bond donors (Lipinski definition) is 0. The summed E-state index contributed by atoms with van der Waals surface area (Å²) in [4.78, 5) is 9.95. The number of nitro groups is 1. The van der Waals surface area contributed by atoms with Gasteiger partial charge in [-0.3, -0.25) is 10.1 Å². The molecule has 1 aromatic carbocycles. The normalized spacial score (nSPS) is 11.8. The van der Waals surface area contributed by atoms with Gasteiger partial charge in [0.15, 0.2) is 0 Å². The first-order chi connectivity index (χ1) is 10.2. The van der Waals surface area contributed by atoms with Crippen molar-refractivity contribution in [3.63, 3.8) is 0 Å². The van der Waals surface area contributed by atoms with Crippen LogP contribution in [0.5, 0.6) is 0 Å². The van der Waals surface area contributed by atoms with Gasteiger partial charge in [-0.05, 0) is 23.1 Å². The van der Waals surface area contributed by atoms with E-state index in [2.05, 4.69) is 0 Å². The first-order valence-electron chi connectivity index (χ1n) is 5.84. The monoisotopic (exact) mass is 380 g/mol. The molecular formula is C12H10Cl2N2O4S2. The van der Waals surface area contributed by atoms with Crippen molar-refractivity contribution in [3.05, 3.63) is 54.7 Å². The van der Waals surface area contributed by atoms with Gasteiger partial charge in [0.05, 0.1) is 14.8 Å². The second kappa shape index (κ2) is 6.51. The molecule has 0 fully saturated rings. The molecule has 118 valence electrons. The molecule has 0 spiro atoms. The molecule has 0 N–H and O–H groups in total. The molecule has 0 radical (unpaired) electrons. The molecule has 0 saturated heterocycles. The average molecular weight is 381 g/mol. The number of hydrogen-bond acceptors (Lipinski definition) is 5. The lowest BCUT2D eigenvalue weighted by Crippen LogP contribution is -2.26. The molecule has 0 unspecified atom stereocenters. The van der Waals surface area contributed by atoms with E-state index in [1.165, 1.54) is 30.5 Å². The predicted octanol–water partition coefficient (Wildman–Crippen LogP) is 3.78. The Hall–Kier alpha value is -1.19. The number of rotatable bonds is 5. The lowest BCUT2D eigenvalue weighted by Gasteiger charge is -2.17. The average Bonchev–Trinajstić information content (AvgIpc) is 2.84. The maximum Gasteiger partial charge on any atom is 0.289 e. The number of halogens is 2. The van der Waals surface area contributed by atoms with Crippen LogP contribution in [-0.2, 0) is 16.6 Å². The lowest BCUT2D eigenvalue weighted by molar-refractivity contribution is -0.384. The molecule has 0 amide bonds. The van der Waals surface area contributed by atoms with Crippen LogP contribution in [0.1, 0.15) is 5.56 Å². The number of nitro benzene ring substituents is 1. The Labute approximate surface area is 141 Å². The molecule has 2 aromatic rings. The molecule has 22 heavy (non-hydrogen) atoms. The van der Waals surface area contributed by atoms with Gasteiger partial charge >= 0.3 is 0 Å². The molecule has 0 atom stereocenters. The van der Waals surface area contributed by atoms with Crippen LogP contribution < -0.4 is 0 Å². The van der Waals surface area contributed by atoms with Gasteiger partial charge in [0, 0.05) is 25.0 Å². The second-order valence-electron chi connectivity index (χ2n) is 4.38. The topological polar surface area (TPSA) is 80.5 Å². The zero-order valence-electron chi connectivity index (χ0n) is 11.2. The minimum atomic E-state index is -3.89. The van der Waals surface area contributed by atoms with Crippen LogP contribution in [0.15, 0.2) is 33.9 Å². The van der Waals surface area contributed by atoms with E-state index in [-0.39, 0.29) is 16.5 Å². The molecule has 1 aromatic heterocycles. The van der Waals surface area contributed by atoms with E-state index in [9.17, 15) is 18.5 Å². The third-order valence-electron chi connectivity index (χ3n) is 2.90. The first kappa shape index (κ1) is 17.2. The van der Waals surface area contributed by atoms with E-state index in [1.54, 1.807) is 10.8 Å². The molecule has 0 aliphatic rings. The summed E-state index contributed by atoms with van der Waals surface area (Å²) in [5.74, 6) is 0. The number of sulfonamides is 1. The smallest absolute Gasteiger partial charge is 0.258 e. The van der Waals surface area contributed by atoms with Crippen molar-refractivity contribution >= 4 is 50.2 Å². The van der Waals surface area contributed by atoms with Crippen molar-refractivity contribution in [2.45, 2.75) is 11.4 Å². The molecule has 1 heterocycles. The summed E-state index contributed by atoms with van der Waals surface area (Å²) in [5, 5.41) is 14.7. The second-order valence-corrected chi connectivity index (χ2v) is 7.98. The van der Waals surface area contributed by atoms with E-state index < -0.39 is 20.6 Å². The Bertz CT molecular complexity index is 820.